The average molecular weight is 264 g/mol. The molecule has 0 radical (unpaired) electrons. The van der Waals surface area contributed by atoms with Crippen LogP contribution in [0.2, 0.25) is 0 Å². The van der Waals surface area contributed by atoms with Crippen molar-refractivity contribution < 1.29 is 4.79 Å². The van der Waals surface area contributed by atoms with E-state index >= 15 is 0 Å². The number of aromatic nitrogens is 2. The molecular weight excluding hydrogens is 248 g/mol. The Labute approximate surface area is 110 Å². The van der Waals surface area contributed by atoms with E-state index in [1.54, 1.807) is 0 Å². The molecule has 0 aromatic carbocycles. The summed E-state index contributed by atoms with van der Waals surface area (Å²) in [5.41, 5.74) is -0.159. The van der Waals surface area contributed by atoms with Gasteiger partial charge in [0.1, 0.15) is 5.01 Å². The molecule has 2 aliphatic rings. The van der Waals surface area contributed by atoms with Crippen LogP contribution in [0.1, 0.15) is 43.5 Å². The van der Waals surface area contributed by atoms with Gasteiger partial charge >= 0.3 is 6.03 Å². The molecule has 0 atom stereocenters. The van der Waals surface area contributed by atoms with E-state index in [1.165, 1.54) is 24.2 Å². The monoisotopic (exact) mass is 264 g/mol. The van der Waals surface area contributed by atoms with Crippen molar-refractivity contribution in [3.63, 3.8) is 0 Å². The highest BCUT2D eigenvalue weighted by molar-refractivity contribution is 7.15. The van der Waals surface area contributed by atoms with Crippen molar-refractivity contribution in [3.8, 4) is 0 Å². The van der Waals surface area contributed by atoms with E-state index in [1.807, 2.05) is 6.92 Å². The molecule has 0 unspecified atom stereocenters. The van der Waals surface area contributed by atoms with Crippen molar-refractivity contribution >= 4 is 22.5 Å². The topological polar surface area (TPSA) is 66.9 Å². The van der Waals surface area contributed by atoms with Crippen LogP contribution in [-0.4, -0.2) is 21.8 Å². The molecule has 1 aromatic heterocycles. The summed E-state index contributed by atoms with van der Waals surface area (Å²) in [6.07, 6.45) is 8.34. The molecule has 96 valence electrons. The van der Waals surface area contributed by atoms with Crippen LogP contribution < -0.4 is 10.6 Å². The third-order valence-corrected chi connectivity index (χ3v) is 4.31. The maximum Gasteiger partial charge on any atom is 0.321 e. The molecule has 5 nitrogen and oxygen atoms in total. The summed E-state index contributed by atoms with van der Waals surface area (Å²) in [5.74, 6) is 0.581. The van der Waals surface area contributed by atoms with Crippen LogP contribution in [0.5, 0.6) is 0 Å². The first-order valence-corrected chi connectivity index (χ1v) is 7.04. The van der Waals surface area contributed by atoms with Gasteiger partial charge in [-0.05, 0) is 32.6 Å². The molecule has 1 saturated carbocycles. The first kappa shape index (κ1) is 11.6. The standard InChI is InChI=1S/C12H16N4OS/c1-12(6-2-3-7-12)14-10(17)13-11-16-15-9(18-11)8-4-5-8/h2-3,8H,4-7H2,1H3,(H2,13,14,16,17). The Hall–Kier alpha value is -1.43. The molecule has 1 aromatic rings. The summed E-state index contributed by atoms with van der Waals surface area (Å²) < 4.78 is 0. The number of hydrogen-bond donors (Lipinski definition) is 2. The SMILES string of the molecule is CC1(NC(=O)Nc2nnc(C3CC3)s2)CC=CC1. The number of rotatable bonds is 3. The third kappa shape index (κ3) is 2.53. The fourth-order valence-corrected chi connectivity index (χ4v) is 2.96. The highest BCUT2D eigenvalue weighted by Gasteiger charge is 2.29. The molecule has 0 spiro atoms. The second kappa shape index (κ2) is 4.35. The molecule has 2 N–H and O–H groups in total. The van der Waals surface area contributed by atoms with Crippen LogP contribution in [0.15, 0.2) is 12.2 Å². The van der Waals surface area contributed by atoms with Crippen molar-refractivity contribution in [2.75, 3.05) is 5.32 Å². The number of anilines is 1. The minimum Gasteiger partial charge on any atom is -0.332 e. The van der Waals surface area contributed by atoms with Gasteiger partial charge in [0.15, 0.2) is 0 Å². The Morgan fingerprint density at radius 1 is 1.39 bits per heavy atom. The van der Waals surface area contributed by atoms with Crippen molar-refractivity contribution in [2.24, 2.45) is 0 Å². The van der Waals surface area contributed by atoms with Gasteiger partial charge < -0.3 is 5.32 Å². The summed E-state index contributed by atoms with van der Waals surface area (Å²) in [6, 6.07) is -0.195. The Kier molecular flexibility index (Phi) is 2.81. The molecule has 2 aliphatic carbocycles. The van der Waals surface area contributed by atoms with Gasteiger partial charge in [-0.3, -0.25) is 5.32 Å². The Balaban J connectivity index is 1.56. The van der Waals surface area contributed by atoms with Gasteiger partial charge in [0.05, 0.1) is 0 Å². The van der Waals surface area contributed by atoms with Crippen LogP contribution in [0.25, 0.3) is 0 Å². The van der Waals surface area contributed by atoms with Crippen LogP contribution >= 0.6 is 11.3 Å². The number of urea groups is 1. The lowest BCUT2D eigenvalue weighted by Gasteiger charge is -2.24. The minimum absolute atomic E-state index is 0.159. The van der Waals surface area contributed by atoms with E-state index in [0.717, 1.165) is 17.8 Å². The highest BCUT2D eigenvalue weighted by Crippen LogP contribution is 2.42. The number of carbonyl (C=O) groups is 1. The van der Waals surface area contributed by atoms with Crippen molar-refractivity contribution in [1.82, 2.24) is 15.5 Å². The Morgan fingerprint density at radius 3 is 2.78 bits per heavy atom. The average Bonchev–Trinajstić information content (AvgIpc) is 2.93. The van der Waals surface area contributed by atoms with Gasteiger partial charge in [-0.15, -0.1) is 10.2 Å². The van der Waals surface area contributed by atoms with E-state index in [2.05, 4.69) is 33.0 Å². The normalized spacial score (nSPS) is 20.9. The summed E-state index contributed by atoms with van der Waals surface area (Å²) >= 11 is 1.48. The molecule has 0 saturated heterocycles. The number of carbonyl (C=O) groups excluding carboxylic acids is 1. The molecule has 1 fully saturated rings. The fraction of sp³-hybridized carbons (Fsp3) is 0.583. The van der Waals surface area contributed by atoms with E-state index in [0.29, 0.717) is 11.0 Å². The van der Waals surface area contributed by atoms with Crippen molar-refractivity contribution in [3.05, 3.63) is 17.2 Å². The molecule has 0 aliphatic heterocycles. The lowest BCUT2D eigenvalue weighted by molar-refractivity contribution is 0.240. The maximum atomic E-state index is 11.9. The van der Waals surface area contributed by atoms with Crippen LogP contribution in [0, 0.1) is 0 Å². The predicted molar refractivity (Wildman–Crippen MR) is 70.8 cm³/mol. The van der Waals surface area contributed by atoms with Gasteiger partial charge in [0.2, 0.25) is 5.13 Å². The summed E-state index contributed by atoms with van der Waals surface area (Å²) in [6.45, 7) is 2.04. The first-order valence-electron chi connectivity index (χ1n) is 6.22. The molecule has 3 rings (SSSR count). The van der Waals surface area contributed by atoms with Crippen LogP contribution in [-0.2, 0) is 0 Å². The second-order valence-electron chi connectivity index (χ2n) is 5.24. The van der Waals surface area contributed by atoms with Crippen molar-refractivity contribution in [1.29, 1.82) is 0 Å². The van der Waals surface area contributed by atoms with E-state index < -0.39 is 0 Å². The molecule has 0 bridgehead atoms. The molecule has 2 amide bonds. The van der Waals surface area contributed by atoms with Crippen molar-refractivity contribution in [2.45, 2.75) is 44.1 Å². The highest BCUT2D eigenvalue weighted by atomic mass is 32.1. The minimum atomic E-state index is -0.195. The maximum absolute atomic E-state index is 11.9. The quantitative estimate of drug-likeness (QED) is 0.825. The second-order valence-corrected chi connectivity index (χ2v) is 6.25. The molecule has 6 heteroatoms. The van der Waals surface area contributed by atoms with Crippen LogP contribution in [0.3, 0.4) is 0 Å². The summed E-state index contributed by atoms with van der Waals surface area (Å²) in [7, 11) is 0. The molecule has 18 heavy (non-hydrogen) atoms. The zero-order valence-electron chi connectivity index (χ0n) is 10.3. The molecular formula is C12H16N4OS. The Morgan fingerprint density at radius 2 is 2.11 bits per heavy atom. The number of nitrogens with zero attached hydrogens (tertiary/aromatic N) is 2. The third-order valence-electron chi connectivity index (χ3n) is 3.31. The van der Waals surface area contributed by atoms with Gasteiger partial charge in [0, 0.05) is 11.5 Å². The molecule has 1 heterocycles. The predicted octanol–water partition coefficient (Wildman–Crippen LogP) is 2.65. The zero-order valence-corrected chi connectivity index (χ0v) is 11.1. The number of amides is 2. The van der Waals surface area contributed by atoms with Gasteiger partial charge in [-0.1, -0.05) is 23.5 Å². The summed E-state index contributed by atoms with van der Waals surface area (Å²) in [5, 5.41) is 15.5. The zero-order chi connectivity index (χ0) is 12.6. The largest absolute Gasteiger partial charge is 0.332 e. The number of nitrogens with one attached hydrogen (secondary N) is 2. The van der Waals surface area contributed by atoms with E-state index in [4.69, 9.17) is 0 Å². The van der Waals surface area contributed by atoms with Gasteiger partial charge in [-0.2, -0.15) is 0 Å². The lowest BCUT2D eigenvalue weighted by Crippen LogP contribution is -2.45. The first-order chi connectivity index (χ1) is 8.65. The number of hydrogen-bond acceptors (Lipinski definition) is 4. The van der Waals surface area contributed by atoms with Gasteiger partial charge in [0.25, 0.3) is 0 Å². The van der Waals surface area contributed by atoms with Gasteiger partial charge in [-0.25, -0.2) is 4.79 Å². The van der Waals surface area contributed by atoms with E-state index in [9.17, 15) is 4.79 Å². The summed E-state index contributed by atoms with van der Waals surface area (Å²) in [4.78, 5) is 11.9. The fourth-order valence-electron chi connectivity index (χ4n) is 2.06. The smallest absolute Gasteiger partial charge is 0.321 e. The lowest BCUT2D eigenvalue weighted by atomic mass is 10.0. The van der Waals surface area contributed by atoms with E-state index in [-0.39, 0.29) is 11.6 Å². The van der Waals surface area contributed by atoms with Crippen LogP contribution in [0.4, 0.5) is 9.93 Å². The Bertz CT molecular complexity index is 484.